The van der Waals surface area contributed by atoms with Gasteiger partial charge >= 0.3 is 6.03 Å². The lowest BCUT2D eigenvalue weighted by molar-refractivity contribution is -0.122. The van der Waals surface area contributed by atoms with Gasteiger partial charge in [0.15, 0.2) is 11.6 Å². The van der Waals surface area contributed by atoms with Crippen molar-refractivity contribution in [1.29, 1.82) is 0 Å². The summed E-state index contributed by atoms with van der Waals surface area (Å²) in [5.74, 6) is 3.86. The number of hydrogen-bond donors (Lipinski definition) is 2. The van der Waals surface area contributed by atoms with Crippen LogP contribution in [0, 0.1) is 17.7 Å². The number of piperazine rings is 1. The summed E-state index contributed by atoms with van der Waals surface area (Å²) >= 11 is 0. The summed E-state index contributed by atoms with van der Waals surface area (Å²) in [5.41, 5.74) is 0.564. The molecule has 0 spiro atoms. The largest absolute Gasteiger partial charge is 0.494 e. The summed E-state index contributed by atoms with van der Waals surface area (Å²) in [6, 6.07) is 10.2. The molecule has 3 aliphatic heterocycles. The summed E-state index contributed by atoms with van der Waals surface area (Å²) in [7, 11) is 1.32. The van der Waals surface area contributed by atoms with Crippen LogP contribution < -0.4 is 15.4 Å². The number of fused-ring (bicyclic) bond motifs is 1. The Bertz CT molecular complexity index is 1330. The smallest absolute Gasteiger partial charge is 0.323 e. The third-order valence-electron chi connectivity index (χ3n) is 7.34. The Morgan fingerprint density at radius 1 is 1.03 bits per heavy atom. The molecule has 3 heterocycles. The van der Waals surface area contributed by atoms with E-state index in [2.05, 4.69) is 39.2 Å². The number of nitrogens with zero attached hydrogens (tertiary/aromatic N) is 3. The number of imide groups is 1. The van der Waals surface area contributed by atoms with E-state index in [0.717, 1.165) is 39.3 Å². The Morgan fingerprint density at radius 2 is 1.74 bits per heavy atom. The van der Waals surface area contributed by atoms with Gasteiger partial charge in [0.1, 0.15) is 0 Å². The molecule has 2 N–H and O–H groups in total. The van der Waals surface area contributed by atoms with Crippen LogP contribution in [0.1, 0.15) is 34.0 Å². The van der Waals surface area contributed by atoms with E-state index in [1.54, 1.807) is 6.07 Å². The van der Waals surface area contributed by atoms with E-state index < -0.39 is 29.2 Å². The topological polar surface area (TPSA) is 94.2 Å². The second-order valence-electron chi connectivity index (χ2n) is 9.75. The van der Waals surface area contributed by atoms with Crippen molar-refractivity contribution in [3.8, 4) is 17.6 Å². The maximum atomic E-state index is 14.8. The molecule has 2 aromatic rings. The Labute approximate surface area is 220 Å². The molecule has 2 fully saturated rings. The van der Waals surface area contributed by atoms with E-state index in [0.29, 0.717) is 11.1 Å². The Kier molecular flexibility index (Phi) is 7.06. The molecular formula is C28H30FN5O4. The van der Waals surface area contributed by atoms with E-state index in [1.165, 1.54) is 23.6 Å². The molecule has 2 aromatic carbocycles. The minimum atomic E-state index is -1.66. The van der Waals surface area contributed by atoms with Crippen LogP contribution in [0.2, 0.25) is 0 Å². The van der Waals surface area contributed by atoms with Crippen molar-refractivity contribution in [1.82, 2.24) is 25.3 Å². The molecule has 5 rings (SSSR count). The van der Waals surface area contributed by atoms with Crippen molar-refractivity contribution >= 4 is 17.8 Å². The molecule has 198 valence electrons. The van der Waals surface area contributed by atoms with Crippen molar-refractivity contribution in [2.45, 2.75) is 25.6 Å². The van der Waals surface area contributed by atoms with E-state index >= 15 is 0 Å². The molecule has 38 heavy (non-hydrogen) atoms. The molecular weight excluding hydrogens is 489 g/mol. The number of amides is 4. The first-order valence-corrected chi connectivity index (χ1v) is 12.7. The minimum absolute atomic E-state index is 0.0352. The number of benzene rings is 2. The fraction of sp³-hybridized carbons (Fsp3) is 0.393. The zero-order chi connectivity index (χ0) is 26.9. The number of halogens is 1. The van der Waals surface area contributed by atoms with Gasteiger partial charge in [-0.3, -0.25) is 19.8 Å². The number of carbonyl (C=O) groups excluding carboxylic acids is 3. The Balaban J connectivity index is 1.32. The highest BCUT2D eigenvalue weighted by atomic mass is 19.1. The number of ether oxygens (including phenoxy) is 1. The van der Waals surface area contributed by atoms with Crippen LogP contribution in [-0.4, -0.2) is 84.5 Å². The van der Waals surface area contributed by atoms with Gasteiger partial charge in [0.2, 0.25) is 5.54 Å². The van der Waals surface area contributed by atoms with Crippen LogP contribution in [0.5, 0.6) is 5.75 Å². The number of urea groups is 1. The average molecular weight is 520 g/mol. The Morgan fingerprint density at radius 3 is 2.37 bits per heavy atom. The van der Waals surface area contributed by atoms with E-state index in [-0.39, 0.29) is 24.4 Å². The molecule has 0 aliphatic carbocycles. The van der Waals surface area contributed by atoms with Gasteiger partial charge in [0.05, 0.1) is 19.2 Å². The maximum Gasteiger partial charge on any atom is 0.323 e. The molecule has 0 saturated carbocycles. The summed E-state index contributed by atoms with van der Waals surface area (Å²) in [6.07, 6.45) is 0. The highest BCUT2D eigenvalue weighted by Crippen LogP contribution is 2.32. The molecule has 1 atom stereocenters. The first kappa shape index (κ1) is 25.7. The fourth-order valence-corrected chi connectivity index (χ4v) is 5.09. The second-order valence-corrected chi connectivity index (χ2v) is 9.75. The number of methoxy groups -OCH3 is 1. The van der Waals surface area contributed by atoms with Crippen molar-refractivity contribution < 1.29 is 23.5 Å². The zero-order valence-electron chi connectivity index (χ0n) is 21.5. The third kappa shape index (κ3) is 4.95. The standard InChI is InChI=1S/C28H30FN5O4/c1-3-32-12-14-33(15-13-32)16-20-6-4-19(5-7-20)10-11-28(26(36)30-27(37)31-28)18-34-17-21-8-9-22(38-2)24(29)23(21)25(34)35/h4-9H,3,12-18H2,1-2H3,(H2,30,31,36,37)/t28-/m1/s1. The lowest BCUT2D eigenvalue weighted by Crippen LogP contribution is -2.54. The highest BCUT2D eigenvalue weighted by molar-refractivity contribution is 6.10. The summed E-state index contributed by atoms with van der Waals surface area (Å²) in [6.45, 7) is 8.17. The predicted octanol–water partition coefficient (Wildman–Crippen LogP) is 1.56. The number of nitrogens with one attached hydrogen (secondary N) is 2. The van der Waals surface area contributed by atoms with Gasteiger partial charge in [-0.1, -0.05) is 37.0 Å². The SMILES string of the molecule is CCN1CCN(Cc2ccc(C#C[C@]3(CN4Cc5ccc(OC)c(F)c5C4=O)NC(=O)NC3=O)cc2)CC1. The van der Waals surface area contributed by atoms with Crippen molar-refractivity contribution in [3.63, 3.8) is 0 Å². The molecule has 0 radical (unpaired) electrons. The lowest BCUT2D eigenvalue weighted by Gasteiger charge is -2.34. The predicted molar refractivity (Wildman–Crippen MR) is 138 cm³/mol. The summed E-state index contributed by atoms with van der Waals surface area (Å²) in [4.78, 5) is 44.1. The summed E-state index contributed by atoms with van der Waals surface area (Å²) < 4.78 is 19.8. The van der Waals surface area contributed by atoms with Crippen molar-refractivity contribution in [3.05, 3.63) is 64.5 Å². The highest BCUT2D eigenvalue weighted by Gasteiger charge is 2.48. The summed E-state index contributed by atoms with van der Waals surface area (Å²) in [5, 5.41) is 4.79. The fourth-order valence-electron chi connectivity index (χ4n) is 5.09. The van der Waals surface area contributed by atoms with Gasteiger partial charge in [-0.15, -0.1) is 0 Å². The molecule has 4 amide bonds. The molecule has 0 unspecified atom stereocenters. The van der Waals surface area contributed by atoms with Crippen LogP contribution in [0.3, 0.4) is 0 Å². The molecule has 10 heteroatoms. The van der Waals surface area contributed by atoms with Crippen LogP contribution >= 0.6 is 0 Å². The van der Waals surface area contributed by atoms with Gasteiger partial charge in [0.25, 0.3) is 11.8 Å². The molecule has 0 aromatic heterocycles. The van der Waals surface area contributed by atoms with Crippen molar-refractivity contribution in [2.75, 3.05) is 46.4 Å². The minimum Gasteiger partial charge on any atom is -0.494 e. The Hall–Kier alpha value is -3.94. The van der Waals surface area contributed by atoms with Gasteiger partial charge in [-0.25, -0.2) is 9.18 Å². The zero-order valence-corrected chi connectivity index (χ0v) is 21.5. The molecule has 2 saturated heterocycles. The average Bonchev–Trinajstić information content (AvgIpc) is 3.39. The number of carbonyl (C=O) groups is 3. The molecule has 0 bridgehead atoms. The number of likely N-dealkylation sites (N-methyl/N-ethyl adjacent to an activating group) is 1. The van der Waals surface area contributed by atoms with Gasteiger partial charge in [0, 0.05) is 44.8 Å². The van der Waals surface area contributed by atoms with E-state index in [1.807, 2.05) is 24.3 Å². The van der Waals surface area contributed by atoms with E-state index in [4.69, 9.17) is 4.74 Å². The van der Waals surface area contributed by atoms with Gasteiger partial charge in [-0.2, -0.15) is 0 Å². The maximum absolute atomic E-state index is 14.8. The van der Waals surface area contributed by atoms with Crippen LogP contribution in [0.25, 0.3) is 0 Å². The molecule has 3 aliphatic rings. The quantitative estimate of drug-likeness (QED) is 0.445. The first-order chi connectivity index (χ1) is 18.3. The monoisotopic (exact) mass is 519 g/mol. The van der Waals surface area contributed by atoms with Crippen LogP contribution in [0.15, 0.2) is 36.4 Å². The second kappa shape index (κ2) is 10.4. The third-order valence-corrected chi connectivity index (χ3v) is 7.34. The van der Waals surface area contributed by atoms with Crippen LogP contribution in [0.4, 0.5) is 9.18 Å². The van der Waals surface area contributed by atoms with Gasteiger partial charge in [-0.05, 0) is 35.9 Å². The lowest BCUT2D eigenvalue weighted by atomic mass is 9.99. The van der Waals surface area contributed by atoms with Crippen LogP contribution in [-0.2, 0) is 17.9 Å². The normalized spacial score (nSPS) is 21.6. The number of rotatable bonds is 6. The van der Waals surface area contributed by atoms with Crippen molar-refractivity contribution in [2.24, 2.45) is 0 Å². The first-order valence-electron chi connectivity index (χ1n) is 12.7. The number of hydrogen-bond acceptors (Lipinski definition) is 6. The van der Waals surface area contributed by atoms with E-state index in [9.17, 15) is 18.8 Å². The van der Waals surface area contributed by atoms with Gasteiger partial charge < -0.3 is 19.9 Å². The molecule has 9 nitrogen and oxygen atoms in total.